The predicted molar refractivity (Wildman–Crippen MR) is 153 cm³/mol. The molecule has 1 aliphatic rings. The molecule has 0 unspecified atom stereocenters. The van der Waals surface area contributed by atoms with E-state index in [4.69, 9.17) is 4.74 Å². The number of rotatable bonds is 9. The summed E-state index contributed by atoms with van der Waals surface area (Å²) in [5.41, 5.74) is 0.179. The number of hydrogen-bond donors (Lipinski definition) is 2. The lowest BCUT2D eigenvalue weighted by Gasteiger charge is -2.38. The molecule has 0 saturated heterocycles. The van der Waals surface area contributed by atoms with Gasteiger partial charge in [-0.25, -0.2) is 8.42 Å². The lowest BCUT2D eigenvalue weighted by atomic mass is 9.99. The number of hydrogen-bond acceptors (Lipinski definition) is 6. The molecule has 0 fully saturated rings. The van der Waals surface area contributed by atoms with Crippen molar-refractivity contribution in [1.29, 1.82) is 0 Å². The van der Waals surface area contributed by atoms with Crippen molar-refractivity contribution in [2.45, 2.75) is 43.6 Å². The molecular formula is C30H34F3N3O5S. The fraction of sp³-hybridized carbons (Fsp3) is 0.367. The standard InChI is InChI=1S/C30H34F3N3O5S/c1-20-16-36(21(2)19-37)29(38)25-10-7-11-26(34-42(39,40)24-8-5-4-6-9-24)28(25)41-27(20)18-35(3)17-22-12-14-23(15-13-22)30(31,32)33/h4-15,20-21,27,34,37H,16-19H2,1-3H3/t20-,21-,27-/m1/s1. The molecule has 1 heterocycles. The van der Waals surface area contributed by atoms with Crippen LogP contribution in [0.1, 0.15) is 35.3 Å². The summed E-state index contributed by atoms with van der Waals surface area (Å²) in [6, 6.07) is 16.8. The fourth-order valence-electron chi connectivity index (χ4n) is 4.83. The van der Waals surface area contributed by atoms with Crippen molar-refractivity contribution in [3.8, 4) is 5.75 Å². The first kappa shape index (κ1) is 31.3. The summed E-state index contributed by atoms with van der Waals surface area (Å²) < 4.78 is 74.3. The van der Waals surface area contributed by atoms with E-state index in [1.165, 1.54) is 30.3 Å². The number of benzene rings is 3. The third-order valence-corrected chi connectivity index (χ3v) is 8.60. The lowest BCUT2D eigenvalue weighted by molar-refractivity contribution is -0.137. The number of halogens is 3. The van der Waals surface area contributed by atoms with Crippen LogP contribution in [0.3, 0.4) is 0 Å². The van der Waals surface area contributed by atoms with Gasteiger partial charge in [0.15, 0.2) is 5.75 Å². The van der Waals surface area contributed by atoms with Gasteiger partial charge in [0.05, 0.1) is 34.4 Å². The average Bonchev–Trinajstić information content (AvgIpc) is 2.95. The molecule has 0 saturated carbocycles. The third-order valence-electron chi connectivity index (χ3n) is 7.21. The van der Waals surface area contributed by atoms with E-state index in [9.17, 15) is 31.5 Å². The summed E-state index contributed by atoms with van der Waals surface area (Å²) in [6.45, 7) is 4.25. The minimum atomic E-state index is -4.42. The molecule has 12 heteroatoms. The minimum Gasteiger partial charge on any atom is -0.486 e. The monoisotopic (exact) mass is 605 g/mol. The number of sulfonamides is 1. The van der Waals surface area contributed by atoms with Crippen LogP contribution in [0.4, 0.5) is 18.9 Å². The Morgan fingerprint density at radius 3 is 2.36 bits per heavy atom. The van der Waals surface area contributed by atoms with Crippen LogP contribution in [0.25, 0.3) is 0 Å². The molecule has 1 amide bonds. The molecule has 0 bridgehead atoms. The number of carbonyl (C=O) groups excluding carboxylic acids is 1. The third kappa shape index (κ3) is 7.23. The van der Waals surface area contributed by atoms with Gasteiger partial charge in [0.2, 0.25) is 0 Å². The number of carbonyl (C=O) groups is 1. The van der Waals surface area contributed by atoms with Crippen LogP contribution in [0.15, 0.2) is 77.7 Å². The van der Waals surface area contributed by atoms with Crippen molar-refractivity contribution in [2.24, 2.45) is 5.92 Å². The van der Waals surface area contributed by atoms with Crippen LogP contribution in [-0.2, 0) is 22.7 Å². The van der Waals surface area contributed by atoms with Crippen molar-refractivity contribution >= 4 is 21.6 Å². The molecule has 0 radical (unpaired) electrons. The maximum absolute atomic E-state index is 13.7. The molecule has 1 aliphatic heterocycles. The molecule has 0 aliphatic carbocycles. The topological polar surface area (TPSA) is 99.2 Å². The maximum atomic E-state index is 13.7. The van der Waals surface area contributed by atoms with E-state index in [0.29, 0.717) is 18.7 Å². The minimum absolute atomic E-state index is 0.0384. The van der Waals surface area contributed by atoms with E-state index in [1.807, 2.05) is 11.8 Å². The molecule has 0 spiro atoms. The Morgan fingerprint density at radius 2 is 1.74 bits per heavy atom. The van der Waals surface area contributed by atoms with E-state index >= 15 is 0 Å². The van der Waals surface area contributed by atoms with Crippen LogP contribution < -0.4 is 9.46 Å². The van der Waals surface area contributed by atoms with Gasteiger partial charge in [-0.3, -0.25) is 14.4 Å². The van der Waals surface area contributed by atoms with E-state index in [1.54, 1.807) is 49.2 Å². The number of amides is 1. The van der Waals surface area contributed by atoms with Gasteiger partial charge in [0, 0.05) is 25.6 Å². The van der Waals surface area contributed by atoms with Gasteiger partial charge in [-0.05, 0) is 55.9 Å². The van der Waals surface area contributed by atoms with Crippen molar-refractivity contribution < 1.29 is 36.2 Å². The van der Waals surface area contributed by atoms with Crippen LogP contribution in [0, 0.1) is 5.92 Å². The van der Waals surface area contributed by atoms with Crippen molar-refractivity contribution in [3.05, 3.63) is 89.5 Å². The van der Waals surface area contributed by atoms with Crippen molar-refractivity contribution in [3.63, 3.8) is 0 Å². The van der Waals surface area contributed by atoms with Gasteiger partial charge in [-0.15, -0.1) is 0 Å². The number of para-hydroxylation sites is 1. The summed E-state index contributed by atoms with van der Waals surface area (Å²) >= 11 is 0. The van der Waals surface area contributed by atoms with Crippen LogP contribution in [-0.4, -0.2) is 68.1 Å². The number of fused-ring (bicyclic) bond motifs is 1. The number of ether oxygens (including phenoxy) is 1. The van der Waals surface area contributed by atoms with Gasteiger partial charge >= 0.3 is 6.18 Å². The van der Waals surface area contributed by atoms with Gasteiger partial charge in [-0.1, -0.05) is 43.3 Å². The zero-order chi connectivity index (χ0) is 30.7. The number of aliphatic hydroxyl groups excluding tert-OH is 1. The molecule has 226 valence electrons. The Bertz CT molecular complexity index is 1480. The highest BCUT2D eigenvalue weighted by Gasteiger charge is 2.35. The molecule has 0 aromatic heterocycles. The SMILES string of the molecule is C[C@@H]1CN([C@H](C)CO)C(=O)c2cccc(NS(=O)(=O)c3ccccc3)c2O[C@@H]1CN(C)Cc1ccc(C(F)(F)F)cc1. The molecule has 3 atom stereocenters. The Labute approximate surface area is 243 Å². The lowest BCUT2D eigenvalue weighted by Crippen LogP contribution is -2.49. The number of nitrogens with zero attached hydrogens (tertiary/aromatic N) is 2. The Hall–Kier alpha value is -3.61. The highest BCUT2D eigenvalue weighted by molar-refractivity contribution is 7.92. The summed E-state index contributed by atoms with van der Waals surface area (Å²) in [5.74, 6) is -0.600. The summed E-state index contributed by atoms with van der Waals surface area (Å²) in [7, 11) is -2.21. The first-order valence-electron chi connectivity index (χ1n) is 13.4. The molecular weight excluding hydrogens is 571 g/mol. The molecule has 8 nitrogen and oxygen atoms in total. The largest absolute Gasteiger partial charge is 0.486 e. The van der Waals surface area contributed by atoms with E-state index in [0.717, 1.165) is 12.1 Å². The molecule has 3 aromatic carbocycles. The van der Waals surface area contributed by atoms with E-state index in [2.05, 4.69) is 4.72 Å². The zero-order valence-electron chi connectivity index (χ0n) is 23.5. The number of anilines is 1. The predicted octanol–water partition coefficient (Wildman–Crippen LogP) is 4.86. The number of likely N-dealkylation sites (N-methyl/N-ethyl adjacent to an activating group) is 1. The quantitative estimate of drug-likeness (QED) is 0.362. The summed E-state index contributed by atoms with van der Waals surface area (Å²) in [6.07, 6.45) is -4.97. The van der Waals surface area contributed by atoms with Crippen LogP contribution >= 0.6 is 0 Å². The van der Waals surface area contributed by atoms with Gasteiger partial charge in [-0.2, -0.15) is 13.2 Å². The molecule has 4 rings (SSSR count). The first-order valence-corrected chi connectivity index (χ1v) is 14.9. The molecule has 2 N–H and O–H groups in total. The van der Waals surface area contributed by atoms with Gasteiger partial charge in [0.1, 0.15) is 6.10 Å². The van der Waals surface area contributed by atoms with E-state index in [-0.39, 0.29) is 41.0 Å². The highest BCUT2D eigenvalue weighted by atomic mass is 32.2. The van der Waals surface area contributed by atoms with Gasteiger partial charge in [0.25, 0.3) is 15.9 Å². The number of nitrogens with one attached hydrogen (secondary N) is 1. The molecule has 3 aromatic rings. The highest BCUT2D eigenvalue weighted by Crippen LogP contribution is 2.36. The first-order chi connectivity index (χ1) is 19.8. The Morgan fingerprint density at radius 1 is 1.07 bits per heavy atom. The number of alkyl halides is 3. The normalized spacial score (nSPS) is 18.6. The fourth-order valence-corrected chi connectivity index (χ4v) is 5.91. The second-order valence-corrected chi connectivity index (χ2v) is 12.3. The smallest absolute Gasteiger partial charge is 0.416 e. The number of aliphatic hydroxyl groups is 1. The second kappa shape index (κ2) is 12.7. The van der Waals surface area contributed by atoms with Crippen molar-refractivity contribution in [2.75, 3.05) is 31.5 Å². The van der Waals surface area contributed by atoms with Crippen molar-refractivity contribution in [1.82, 2.24) is 9.80 Å². The van der Waals surface area contributed by atoms with Gasteiger partial charge < -0.3 is 14.7 Å². The van der Waals surface area contributed by atoms with Crippen LogP contribution in [0.5, 0.6) is 5.75 Å². The van der Waals surface area contributed by atoms with E-state index < -0.39 is 39.8 Å². The Kier molecular flexibility index (Phi) is 9.49. The second-order valence-electron chi connectivity index (χ2n) is 10.6. The maximum Gasteiger partial charge on any atom is 0.416 e. The summed E-state index contributed by atoms with van der Waals surface area (Å²) in [4.78, 5) is 17.1. The average molecular weight is 606 g/mol. The Balaban J connectivity index is 1.66. The summed E-state index contributed by atoms with van der Waals surface area (Å²) in [5, 5.41) is 9.88. The van der Waals surface area contributed by atoms with Crippen LogP contribution in [0.2, 0.25) is 0 Å². The zero-order valence-corrected chi connectivity index (χ0v) is 24.3. The molecule has 42 heavy (non-hydrogen) atoms.